The van der Waals surface area contributed by atoms with E-state index < -0.39 is 0 Å². The molecule has 1 aliphatic heterocycles. The topological polar surface area (TPSA) is 35.8 Å². The number of halogens is 1. The van der Waals surface area contributed by atoms with Crippen molar-refractivity contribution >= 4 is 0 Å². The van der Waals surface area contributed by atoms with E-state index in [1.165, 1.54) is 12.1 Å². The molecule has 0 amide bonds. The second kappa shape index (κ2) is 3.15. The van der Waals surface area contributed by atoms with Crippen LogP contribution in [0.3, 0.4) is 0 Å². The van der Waals surface area contributed by atoms with Crippen LogP contribution in [0.15, 0.2) is 18.2 Å². The molecule has 0 radical (unpaired) electrons. The van der Waals surface area contributed by atoms with Crippen molar-refractivity contribution in [2.24, 2.45) is 0 Å². The number of nitrogens with zero attached hydrogens (tertiary/aromatic N) is 1. The predicted octanol–water partition coefficient (Wildman–Crippen LogP) is 1.38. The van der Waals surface area contributed by atoms with Gasteiger partial charge in [-0.15, -0.1) is 0 Å². The van der Waals surface area contributed by atoms with Crippen LogP contribution in [0, 0.1) is 17.1 Å². The average Bonchev–Trinajstić information content (AvgIpc) is 2.00. The van der Waals surface area contributed by atoms with Gasteiger partial charge in [-0.1, -0.05) is 0 Å². The molecule has 1 aromatic rings. The lowest BCUT2D eigenvalue weighted by Gasteiger charge is -2.27. The van der Waals surface area contributed by atoms with E-state index in [2.05, 4.69) is 5.32 Å². The summed E-state index contributed by atoms with van der Waals surface area (Å²) in [6, 6.07) is 6.48. The predicted molar refractivity (Wildman–Crippen MR) is 46.7 cm³/mol. The molecule has 66 valence electrons. The SMILES string of the molecule is N#Cc1cc(F)cc(C2CNC2)c1. The fraction of sp³-hybridized carbons (Fsp3) is 0.300. The molecule has 13 heavy (non-hydrogen) atoms. The van der Waals surface area contributed by atoms with Gasteiger partial charge in [-0.25, -0.2) is 4.39 Å². The number of nitrogens with one attached hydrogen (secondary N) is 1. The highest BCUT2D eigenvalue weighted by Gasteiger charge is 2.19. The van der Waals surface area contributed by atoms with Gasteiger partial charge in [0.2, 0.25) is 0 Å². The van der Waals surface area contributed by atoms with Crippen molar-refractivity contribution in [3.8, 4) is 6.07 Å². The van der Waals surface area contributed by atoms with E-state index in [4.69, 9.17) is 5.26 Å². The lowest BCUT2D eigenvalue weighted by molar-refractivity contribution is 0.446. The number of hydrogen-bond acceptors (Lipinski definition) is 2. The van der Waals surface area contributed by atoms with Gasteiger partial charge in [0, 0.05) is 19.0 Å². The van der Waals surface area contributed by atoms with Gasteiger partial charge in [-0.2, -0.15) is 5.26 Å². The van der Waals surface area contributed by atoms with Crippen molar-refractivity contribution in [2.75, 3.05) is 13.1 Å². The van der Waals surface area contributed by atoms with Crippen LogP contribution in [-0.2, 0) is 0 Å². The Kier molecular flexibility index (Phi) is 1.99. The van der Waals surface area contributed by atoms with Crippen LogP contribution < -0.4 is 5.32 Å². The van der Waals surface area contributed by atoms with Gasteiger partial charge >= 0.3 is 0 Å². The maximum atomic E-state index is 13.0. The molecule has 0 aromatic heterocycles. The van der Waals surface area contributed by atoms with Crippen LogP contribution in [0.1, 0.15) is 17.0 Å². The quantitative estimate of drug-likeness (QED) is 0.701. The molecule has 1 heterocycles. The summed E-state index contributed by atoms with van der Waals surface area (Å²) in [5, 5.41) is 11.7. The van der Waals surface area contributed by atoms with Crippen LogP contribution in [-0.4, -0.2) is 13.1 Å². The first kappa shape index (κ1) is 8.21. The maximum Gasteiger partial charge on any atom is 0.124 e. The lowest BCUT2D eigenvalue weighted by Crippen LogP contribution is -2.39. The minimum Gasteiger partial charge on any atom is -0.315 e. The smallest absolute Gasteiger partial charge is 0.124 e. The molecule has 1 saturated heterocycles. The molecule has 1 fully saturated rings. The Bertz CT molecular complexity index is 364. The molecule has 0 saturated carbocycles. The van der Waals surface area contributed by atoms with E-state index in [-0.39, 0.29) is 5.82 Å². The Balaban J connectivity index is 2.35. The third-order valence-electron chi connectivity index (χ3n) is 2.30. The van der Waals surface area contributed by atoms with Crippen molar-refractivity contribution in [2.45, 2.75) is 5.92 Å². The summed E-state index contributed by atoms with van der Waals surface area (Å²) in [6.07, 6.45) is 0. The first-order chi connectivity index (χ1) is 6.29. The zero-order valence-electron chi connectivity index (χ0n) is 7.05. The van der Waals surface area contributed by atoms with Crippen LogP contribution in [0.4, 0.5) is 4.39 Å². The van der Waals surface area contributed by atoms with E-state index in [1.807, 2.05) is 6.07 Å². The number of hydrogen-bond donors (Lipinski definition) is 1. The average molecular weight is 176 g/mol. The van der Waals surface area contributed by atoms with E-state index in [0.717, 1.165) is 18.7 Å². The van der Waals surface area contributed by atoms with Gasteiger partial charge in [0.1, 0.15) is 5.82 Å². The van der Waals surface area contributed by atoms with Crippen molar-refractivity contribution in [1.29, 1.82) is 5.26 Å². The molecule has 1 aromatic carbocycles. The number of benzene rings is 1. The second-order valence-corrected chi connectivity index (χ2v) is 3.24. The lowest BCUT2D eigenvalue weighted by atomic mass is 9.92. The fourth-order valence-corrected chi connectivity index (χ4v) is 1.44. The Morgan fingerprint density at radius 3 is 2.69 bits per heavy atom. The standard InChI is InChI=1S/C10H9FN2/c11-10-2-7(4-12)1-8(3-10)9-5-13-6-9/h1-3,9,13H,5-6H2. The van der Waals surface area contributed by atoms with E-state index >= 15 is 0 Å². The normalized spacial score (nSPS) is 16.3. The molecule has 0 atom stereocenters. The van der Waals surface area contributed by atoms with Gasteiger partial charge in [0.15, 0.2) is 0 Å². The molecule has 2 nitrogen and oxygen atoms in total. The van der Waals surface area contributed by atoms with Crippen LogP contribution >= 0.6 is 0 Å². The monoisotopic (exact) mass is 176 g/mol. The van der Waals surface area contributed by atoms with Gasteiger partial charge < -0.3 is 5.32 Å². The van der Waals surface area contributed by atoms with Crippen molar-refractivity contribution in [1.82, 2.24) is 5.32 Å². The summed E-state index contributed by atoms with van der Waals surface area (Å²) in [5.41, 5.74) is 1.33. The molecular weight excluding hydrogens is 167 g/mol. The Hall–Kier alpha value is -1.40. The molecular formula is C10H9FN2. The zero-order chi connectivity index (χ0) is 9.26. The highest BCUT2D eigenvalue weighted by Crippen LogP contribution is 2.21. The summed E-state index contributed by atoms with van der Waals surface area (Å²) in [6.45, 7) is 1.77. The molecule has 0 aliphatic carbocycles. The van der Waals surface area contributed by atoms with Crippen LogP contribution in [0.5, 0.6) is 0 Å². The molecule has 0 bridgehead atoms. The summed E-state index contributed by atoms with van der Waals surface area (Å²) in [7, 11) is 0. The Morgan fingerprint density at radius 2 is 2.15 bits per heavy atom. The highest BCUT2D eigenvalue weighted by atomic mass is 19.1. The van der Waals surface area contributed by atoms with E-state index in [0.29, 0.717) is 11.5 Å². The van der Waals surface area contributed by atoms with Crippen molar-refractivity contribution in [3.63, 3.8) is 0 Å². The largest absolute Gasteiger partial charge is 0.315 e. The van der Waals surface area contributed by atoms with Gasteiger partial charge in [-0.3, -0.25) is 0 Å². The third kappa shape index (κ3) is 1.53. The highest BCUT2D eigenvalue weighted by molar-refractivity contribution is 5.36. The van der Waals surface area contributed by atoms with Crippen molar-refractivity contribution < 1.29 is 4.39 Å². The van der Waals surface area contributed by atoms with Gasteiger partial charge in [-0.05, 0) is 23.8 Å². The second-order valence-electron chi connectivity index (χ2n) is 3.24. The first-order valence-corrected chi connectivity index (χ1v) is 4.21. The molecule has 1 aliphatic rings. The van der Waals surface area contributed by atoms with E-state index in [9.17, 15) is 4.39 Å². The zero-order valence-corrected chi connectivity index (χ0v) is 7.05. The summed E-state index contributed by atoms with van der Waals surface area (Å²) in [5.74, 6) is 0.0590. The van der Waals surface area contributed by atoms with Gasteiger partial charge in [0.05, 0.1) is 11.6 Å². The maximum absolute atomic E-state index is 13.0. The first-order valence-electron chi connectivity index (χ1n) is 4.21. The number of rotatable bonds is 1. The van der Waals surface area contributed by atoms with Gasteiger partial charge in [0.25, 0.3) is 0 Å². The molecule has 1 N–H and O–H groups in total. The summed E-state index contributed by atoms with van der Waals surface area (Å²) >= 11 is 0. The van der Waals surface area contributed by atoms with E-state index in [1.54, 1.807) is 6.07 Å². The molecule has 2 rings (SSSR count). The van der Waals surface area contributed by atoms with Crippen molar-refractivity contribution in [3.05, 3.63) is 35.1 Å². The summed E-state index contributed by atoms with van der Waals surface area (Å²) < 4.78 is 13.0. The number of nitriles is 1. The minimum absolute atomic E-state index is 0.319. The summed E-state index contributed by atoms with van der Waals surface area (Å²) in [4.78, 5) is 0. The minimum atomic E-state index is -0.319. The van der Waals surface area contributed by atoms with Crippen LogP contribution in [0.2, 0.25) is 0 Å². The molecule has 0 spiro atoms. The third-order valence-corrected chi connectivity index (χ3v) is 2.30. The Morgan fingerprint density at radius 1 is 1.38 bits per heavy atom. The molecule has 3 heteroatoms. The Labute approximate surface area is 76.0 Å². The molecule has 0 unspecified atom stereocenters. The van der Waals surface area contributed by atoms with Crippen LogP contribution in [0.25, 0.3) is 0 Å². The fourth-order valence-electron chi connectivity index (χ4n) is 1.44.